The zero-order valence-corrected chi connectivity index (χ0v) is 6.21. The summed E-state index contributed by atoms with van der Waals surface area (Å²) in [6.07, 6.45) is -1.67. The van der Waals surface area contributed by atoms with Crippen LogP contribution in [0.15, 0.2) is 0 Å². The minimum Gasteiger partial charge on any atom is -0.272 e. The van der Waals surface area contributed by atoms with E-state index in [1.54, 1.807) is 0 Å². The first kappa shape index (κ1) is 5.95. The van der Waals surface area contributed by atoms with Crippen molar-refractivity contribution in [2.45, 2.75) is 6.16 Å². The van der Waals surface area contributed by atoms with Gasteiger partial charge in [0.1, 0.15) is 0 Å². The van der Waals surface area contributed by atoms with E-state index in [0.717, 1.165) is 6.72 Å². The molecule has 0 aliphatic carbocycles. The molecule has 0 aromatic carbocycles. The molecule has 3 bridgehead atoms. The summed E-state index contributed by atoms with van der Waals surface area (Å²) >= 11 is 0. The Kier molecular flexibility index (Phi) is 0.714. The molecular formula is CBO6P2. The molecule has 5 rings (SSSR count). The molecule has 0 aromatic heterocycles. The first-order valence-corrected chi connectivity index (χ1v) is 5.65. The molecule has 0 unspecified atom stereocenters. The number of hydrogen-bond donors (Lipinski definition) is 0. The van der Waals surface area contributed by atoms with Gasteiger partial charge in [0.05, 0.1) is 0 Å². The second kappa shape index (κ2) is 1.20. The summed E-state index contributed by atoms with van der Waals surface area (Å²) in [6, 6.07) is 0. The van der Waals surface area contributed by atoms with Gasteiger partial charge in [-0.25, -0.2) is 18.1 Å². The van der Waals surface area contributed by atoms with Crippen molar-refractivity contribution in [3.63, 3.8) is 0 Å². The van der Waals surface area contributed by atoms with Crippen LogP contribution in [0.25, 0.3) is 0 Å². The molecule has 10 heavy (non-hydrogen) atoms. The van der Waals surface area contributed by atoms with Gasteiger partial charge in [0, 0.05) is 0 Å². The highest BCUT2D eigenvalue weighted by molar-refractivity contribution is 8.14. The van der Waals surface area contributed by atoms with Crippen LogP contribution in [0, 0.1) is 0 Å². The van der Waals surface area contributed by atoms with E-state index >= 15 is 0 Å². The van der Waals surface area contributed by atoms with Crippen molar-refractivity contribution in [2.75, 3.05) is 0 Å². The van der Waals surface area contributed by atoms with E-state index in [9.17, 15) is 9.13 Å². The van der Waals surface area contributed by atoms with E-state index in [2.05, 4.69) is 18.1 Å². The predicted molar refractivity (Wildman–Crippen MR) is 28.0 cm³/mol. The van der Waals surface area contributed by atoms with Gasteiger partial charge in [-0.2, -0.15) is 0 Å². The van der Waals surface area contributed by atoms with Gasteiger partial charge in [0.2, 0.25) is 0 Å². The zero-order valence-electron chi connectivity index (χ0n) is 4.42. The molecule has 0 atom stereocenters. The minimum absolute atomic E-state index is 0.866. The fourth-order valence-electron chi connectivity index (χ4n) is 0.971. The van der Waals surface area contributed by atoms with Crippen LogP contribution in [0.5, 0.6) is 0 Å². The lowest BCUT2D eigenvalue weighted by molar-refractivity contribution is -0.465. The maximum atomic E-state index is 10.9. The van der Waals surface area contributed by atoms with Crippen LogP contribution in [0.1, 0.15) is 0 Å². The third-order valence-electron chi connectivity index (χ3n) is 1.24. The van der Waals surface area contributed by atoms with Gasteiger partial charge in [-0.3, -0.25) is 9.13 Å². The first-order valence-electron chi connectivity index (χ1n) is 2.43. The molecule has 5 saturated heterocycles. The van der Waals surface area contributed by atoms with Crippen LogP contribution >= 0.6 is 14.9 Å². The van der Waals surface area contributed by atoms with Gasteiger partial charge >= 0.3 is 27.8 Å². The predicted octanol–water partition coefficient (Wildman–Crippen LogP) is 0.625. The van der Waals surface area contributed by atoms with Gasteiger partial charge in [-0.15, -0.1) is 0 Å². The standard InChI is InChI=1S/CBO6P2/c3-9-2-10(4)7-1(5-9,6-9)8-10. The van der Waals surface area contributed by atoms with Crippen LogP contribution in [-0.4, -0.2) is 12.9 Å². The van der Waals surface area contributed by atoms with Gasteiger partial charge < -0.3 is 0 Å². The maximum absolute atomic E-state index is 10.9. The van der Waals surface area contributed by atoms with Crippen LogP contribution in [0.2, 0.25) is 0 Å². The largest absolute Gasteiger partial charge is 0.438 e. The minimum atomic E-state index is -3.16. The van der Waals surface area contributed by atoms with Crippen LogP contribution in [0.3, 0.4) is 0 Å². The third kappa shape index (κ3) is 0.492. The van der Waals surface area contributed by atoms with E-state index in [1.807, 2.05) is 0 Å². The van der Waals surface area contributed by atoms with Crippen molar-refractivity contribution in [1.82, 2.24) is 0 Å². The molecule has 0 aromatic rings. The molecule has 5 fully saturated rings. The fraction of sp³-hybridized carbons (Fsp3) is 1.00. The average Bonchev–Trinajstić information content (AvgIpc) is 1.51. The number of hydrogen-bond acceptors (Lipinski definition) is 6. The summed E-state index contributed by atoms with van der Waals surface area (Å²) in [7, 11) is -6.32. The summed E-state index contributed by atoms with van der Waals surface area (Å²) in [5, 5.41) is 0. The monoisotopic (exact) mass is 181 g/mol. The Bertz CT molecular complexity index is 255. The lowest BCUT2D eigenvalue weighted by Crippen LogP contribution is -2.59. The molecule has 0 N–H and O–H groups in total. The molecule has 0 amide bonds. The smallest absolute Gasteiger partial charge is 0.272 e. The summed E-state index contributed by atoms with van der Waals surface area (Å²) in [5.74, 6) is 0. The van der Waals surface area contributed by atoms with E-state index in [0.29, 0.717) is 0 Å². The Hall–Kier alpha value is 0.365. The van der Waals surface area contributed by atoms with Gasteiger partial charge in [0.25, 0.3) is 0 Å². The highest BCUT2D eigenvalue weighted by Gasteiger charge is 2.81. The molecule has 0 saturated carbocycles. The Morgan fingerprint density at radius 2 is 1.40 bits per heavy atom. The molecule has 1 spiro atoms. The quantitative estimate of drug-likeness (QED) is 0.402. The molecule has 9 heteroatoms. The average molecular weight is 181 g/mol. The third-order valence-corrected chi connectivity index (χ3v) is 5.41. The molecular weight excluding hydrogens is 181 g/mol. The second-order valence-electron chi connectivity index (χ2n) is 2.06. The number of rotatable bonds is 0. The van der Waals surface area contributed by atoms with Crippen molar-refractivity contribution in [3.8, 4) is 0 Å². The van der Waals surface area contributed by atoms with E-state index < -0.39 is 21.1 Å². The second-order valence-corrected chi connectivity index (χ2v) is 5.87. The Morgan fingerprint density at radius 3 is 1.60 bits per heavy atom. The van der Waals surface area contributed by atoms with Gasteiger partial charge in [0.15, 0.2) is 0 Å². The summed E-state index contributed by atoms with van der Waals surface area (Å²) in [6.45, 7) is 0.866. The highest BCUT2D eigenvalue weighted by atomic mass is 31.2. The van der Waals surface area contributed by atoms with Crippen molar-refractivity contribution in [3.05, 3.63) is 0 Å². The van der Waals surface area contributed by atoms with Crippen LogP contribution in [0.4, 0.5) is 0 Å². The molecule has 53 valence electrons. The van der Waals surface area contributed by atoms with Gasteiger partial charge in [-0.1, -0.05) is 0 Å². The van der Waals surface area contributed by atoms with Crippen molar-refractivity contribution in [1.29, 1.82) is 0 Å². The maximum Gasteiger partial charge on any atom is 0.438 e. The first-order chi connectivity index (χ1) is 4.54. The molecule has 5 heterocycles. The van der Waals surface area contributed by atoms with Crippen molar-refractivity contribution >= 4 is 21.7 Å². The van der Waals surface area contributed by atoms with Crippen LogP contribution in [-0.2, 0) is 27.2 Å². The normalized spacial score (nSPS) is 69.2. The van der Waals surface area contributed by atoms with E-state index in [1.165, 1.54) is 0 Å². The molecule has 1 radical (unpaired) electrons. The Labute approximate surface area is 56.0 Å². The summed E-state index contributed by atoms with van der Waals surface area (Å²) in [5.41, 5.74) is 0. The lowest BCUT2D eigenvalue weighted by Gasteiger charge is -2.57. The molecule has 5 aliphatic heterocycles. The summed E-state index contributed by atoms with van der Waals surface area (Å²) < 4.78 is 40.0. The molecule has 6 nitrogen and oxygen atoms in total. The fourth-order valence-corrected chi connectivity index (χ4v) is 4.92. The SMILES string of the molecule is O=P12[B]P3(=O)OC(O1)(O2)O3. The zero-order chi connectivity index (χ0) is 7.04. The lowest BCUT2D eigenvalue weighted by atomic mass is 10.7. The van der Waals surface area contributed by atoms with Crippen molar-refractivity contribution < 1.29 is 27.2 Å². The molecule has 5 aliphatic rings. The van der Waals surface area contributed by atoms with Gasteiger partial charge in [-0.05, 0) is 0 Å². The highest BCUT2D eigenvalue weighted by Crippen LogP contribution is 2.87. The van der Waals surface area contributed by atoms with Crippen molar-refractivity contribution in [2.24, 2.45) is 0 Å². The van der Waals surface area contributed by atoms with E-state index in [4.69, 9.17) is 0 Å². The van der Waals surface area contributed by atoms with Crippen LogP contribution < -0.4 is 0 Å². The Morgan fingerprint density at radius 1 is 1.00 bits per heavy atom. The Balaban J connectivity index is 2.12. The topological polar surface area (TPSA) is 71.1 Å². The van der Waals surface area contributed by atoms with E-state index in [-0.39, 0.29) is 0 Å². The summed E-state index contributed by atoms with van der Waals surface area (Å²) in [4.78, 5) is 0.